The Morgan fingerprint density at radius 1 is 1.67 bits per heavy atom. The van der Waals surface area contributed by atoms with Gasteiger partial charge in [0.15, 0.2) is 5.78 Å². The van der Waals surface area contributed by atoms with E-state index in [0.29, 0.717) is 0 Å². The van der Waals surface area contributed by atoms with Crippen LogP contribution in [-0.2, 0) is 4.74 Å². The highest BCUT2D eigenvalue weighted by Gasteiger charge is 2.33. The van der Waals surface area contributed by atoms with E-state index in [1.54, 1.807) is 0 Å². The van der Waals surface area contributed by atoms with E-state index in [4.69, 9.17) is 4.74 Å². The molecule has 82 valence electrons. The Balaban J connectivity index is 2.13. The van der Waals surface area contributed by atoms with Crippen LogP contribution in [0.5, 0.6) is 0 Å². The summed E-state index contributed by atoms with van der Waals surface area (Å²) in [4.78, 5) is 13.0. The Labute approximate surface area is 102 Å². The standard InChI is InChI=1S/C11H13BrO2S/c1-2-8-7(5-6-14-8)11(13)9-3-4-10(12)15-9/h3-4,7-8H,2,5-6H2,1H3. The number of hydrogen-bond donors (Lipinski definition) is 0. The first-order valence-corrected chi connectivity index (χ1v) is 6.74. The van der Waals surface area contributed by atoms with E-state index in [-0.39, 0.29) is 17.8 Å². The maximum atomic E-state index is 12.1. The van der Waals surface area contributed by atoms with Gasteiger partial charge in [-0.3, -0.25) is 4.79 Å². The highest BCUT2D eigenvalue weighted by Crippen LogP contribution is 2.31. The SMILES string of the molecule is CCC1OCCC1C(=O)c1ccc(Br)s1. The Morgan fingerprint density at radius 3 is 3.07 bits per heavy atom. The van der Waals surface area contributed by atoms with Crippen molar-refractivity contribution in [2.45, 2.75) is 25.9 Å². The third kappa shape index (κ3) is 2.32. The van der Waals surface area contributed by atoms with Crippen molar-refractivity contribution in [1.82, 2.24) is 0 Å². The van der Waals surface area contributed by atoms with Gasteiger partial charge in [0.1, 0.15) is 0 Å². The van der Waals surface area contributed by atoms with Gasteiger partial charge in [0.25, 0.3) is 0 Å². The first kappa shape index (κ1) is 11.3. The minimum absolute atomic E-state index is 0.0700. The molecule has 0 amide bonds. The van der Waals surface area contributed by atoms with Gasteiger partial charge in [0.2, 0.25) is 0 Å². The fourth-order valence-corrected chi connectivity index (χ4v) is 3.37. The molecule has 0 aromatic carbocycles. The number of Topliss-reactive ketones (excluding diaryl/α,β-unsaturated/α-hetero) is 1. The van der Waals surface area contributed by atoms with Crippen LogP contribution in [0.3, 0.4) is 0 Å². The molecule has 0 N–H and O–H groups in total. The minimum Gasteiger partial charge on any atom is -0.377 e. The van der Waals surface area contributed by atoms with Crippen molar-refractivity contribution in [3.05, 3.63) is 20.8 Å². The van der Waals surface area contributed by atoms with Gasteiger partial charge in [-0.05, 0) is 40.9 Å². The maximum Gasteiger partial charge on any atom is 0.178 e. The lowest BCUT2D eigenvalue weighted by molar-refractivity contribution is 0.0692. The molecule has 2 nitrogen and oxygen atoms in total. The molecule has 1 aromatic rings. The van der Waals surface area contributed by atoms with Gasteiger partial charge in [-0.2, -0.15) is 0 Å². The topological polar surface area (TPSA) is 26.3 Å². The molecule has 0 bridgehead atoms. The lowest BCUT2D eigenvalue weighted by Crippen LogP contribution is -2.23. The number of ether oxygens (including phenoxy) is 1. The van der Waals surface area contributed by atoms with Crippen LogP contribution < -0.4 is 0 Å². The highest BCUT2D eigenvalue weighted by molar-refractivity contribution is 9.11. The zero-order valence-electron chi connectivity index (χ0n) is 8.53. The first-order chi connectivity index (χ1) is 7.22. The summed E-state index contributed by atoms with van der Waals surface area (Å²) in [6.07, 6.45) is 1.91. The molecule has 1 saturated heterocycles. The van der Waals surface area contributed by atoms with E-state index >= 15 is 0 Å². The second-order valence-corrected chi connectivity index (χ2v) is 6.14. The Bertz CT molecular complexity index is 361. The fourth-order valence-electron chi connectivity index (χ4n) is 1.98. The van der Waals surface area contributed by atoms with Crippen molar-refractivity contribution in [2.24, 2.45) is 5.92 Å². The summed E-state index contributed by atoms with van der Waals surface area (Å²) >= 11 is 4.88. The zero-order valence-corrected chi connectivity index (χ0v) is 10.9. The van der Waals surface area contributed by atoms with Gasteiger partial charge in [-0.1, -0.05) is 6.92 Å². The summed E-state index contributed by atoms with van der Waals surface area (Å²) in [6.45, 7) is 2.79. The van der Waals surface area contributed by atoms with Crippen LogP contribution in [0.25, 0.3) is 0 Å². The third-order valence-corrected chi connectivity index (χ3v) is 4.40. The van der Waals surface area contributed by atoms with E-state index in [0.717, 1.165) is 28.1 Å². The quantitative estimate of drug-likeness (QED) is 0.796. The van der Waals surface area contributed by atoms with Crippen LogP contribution in [-0.4, -0.2) is 18.5 Å². The summed E-state index contributed by atoms with van der Waals surface area (Å²) in [7, 11) is 0. The average molecular weight is 289 g/mol. The van der Waals surface area contributed by atoms with Crippen molar-refractivity contribution in [1.29, 1.82) is 0 Å². The molecule has 15 heavy (non-hydrogen) atoms. The van der Waals surface area contributed by atoms with Crippen LogP contribution in [0.15, 0.2) is 15.9 Å². The van der Waals surface area contributed by atoms with Gasteiger partial charge in [-0.15, -0.1) is 11.3 Å². The molecular formula is C11H13BrO2S. The molecule has 1 aliphatic heterocycles. The highest BCUT2D eigenvalue weighted by atomic mass is 79.9. The summed E-state index contributed by atoms with van der Waals surface area (Å²) in [5, 5.41) is 0. The van der Waals surface area contributed by atoms with Crippen LogP contribution in [0.2, 0.25) is 0 Å². The van der Waals surface area contributed by atoms with Gasteiger partial charge in [0.05, 0.1) is 20.7 Å². The number of rotatable bonds is 3. The fraction of sp³-hybridized carbons (Fsp3) is 0.545. The van der Waals surface area contributed by atoms with Crippen molar-refractivity contribution in [3.63, 3.8) is 0 Å². The van der Waals surface area contributed by atoms with Crippen molar-refractivity contribution >= 4 is 33.0 Å². The number of halogens is 1. The molecule has 2 atom stereocenters. The van der Waals surface area contributed by atoms with Gasteiger partial charge < -0.3 is 4.74 Å². The first-order valence-electron chi connectivity index (χ1n) is 5.13. The van der Waals surface area contributed by atoms with Crippen molar-refractivity contribution < 1.29 is 9.53 Å². The van der Waals surface area contributed by atoms with E-state index in [1.165, 1.54) is 11.3 Å². The van der Waals surface area contributed by atoms with Crippen LogP contribution >= 0.6 is 27.3 Å². The van der Waals surface area contributed by atoms with Gasteiger partial charge >= 0.3 is 0 Å². The summed E-state index contributed by atoms with van der Waals surface area (Å²) in [5.41, 5.74) is 0. The monoisotopic (exact) mass is 288 g/mol. The van der Waals surface area contributed by atoms with Crippen LogP contribution in [0.1, 0.15) is 29.4 Å². The maximum absolute atomic E-state index is 12.1. The molecule has 4 heteroatoms. The minimum atomic E-state index is 0.0700. The average Bonchev–Trinajstić information content (AvgIpc) is 2.84. The molecule has 0 radical (unpaired) electrons. The molecular weight excluding hydrogens is 276 g/mol. The molecule has 0 spiro atoms. The third-order valence-electron chi connectivity index (χ3n) is 2.76. The molecule has 1 aromatic heterocycles. The van der Waals surface area contributed by atoms with Crippen LogP contribution in [0.4, 0.5) is 0 Å². The van der Waals surface area contributed by atoms with Crippen molar-refractivity contribution in [3.8, 4) is 0 Å². The lowest BCUT2D eigenvalue weighted by atomic mass is 9.94. The zero-order chi connectivity index (χ0) is 10.8. The lowest BCUT2D eigenvalue weighted by Gasteiger charge is -2.14. The number of carbonyl (C=O) groups is 1. The van der Waals surface area contributed by atoms with E-state index in [2.05, 4.69) is 22.9 Å². The summed E-state index contributed by atoms with van der Waals surface area (Å²) in [6, 6.07) is 3.82. The molecule has 2 rings (SSSR count). The second kappa shape index (κ2) is 4.76. The largest absolute Gasteiger partial charge is 0.377 e. The number of thiophene rings is 1. The molecule has 2 unspecified atom stereocenters. The number of hydrogen-bond acceptors (Lipinski definition) is 3. The van der Waals surface area contributed by atoms with E-state index < -0.39 is 0 Å². The Hall–Kier alpha value is -0.190. The number of ketones is 1. The van der Waals surface area contributed by atoms with E-state index in [1.807, 2.05) is 12.1 Å². The summed E-state index contributed by atoms with van der Waals surface area (Å²) in [5.74, 6) is 0.315. The smallest absolute Gasteiger partial charge is 0.178 e. The molecule has 1 fully saturated rings. The van der Waals surface area contributed by atoms with Gasteiger partial charge in [0, 0.05) is 6.61 Å². The molecule has 2 heterocycles. The predicted molar refractivity (Wildman–Crippen MR) is 64.5 cm³/mol. The number of carbonyl (C=O) groups excluding carboxylic acids is 1. The second-order valence-electron chi connectivity index (χ2n) is 3.68. The summed E-state index contributed by atoms with van der Waals surface area (Å²) < 4.78 is 6.55. The van der Waals surface area contributed by atoms with E-state index in [9.17, 15) is 4.79 Å². The predicted octanol–water partition coefficient (Wildman–Crippen LogP) is 3.51. The van der Waals surface area contributed by atoms with Gasteiger partial charge in [-0.25, -0.2) is 0 Å². The normalized spacial score (nSPS) is 25.7. The van der Waals surface area contributed by atoms with Crippen molar-refractivity contribution in [2.75, 3.05) is 6.61 Å². The Morgan fingerprint density at radius 2 is 2.47 bits per heavy atom. The van der Waals surface area contributed by atoms with Crippen LogP contribution in [0, 0.1) is 5.92 Å². The molecule has 0 aliphatic carbocycles. The Kier molecular flexibility index (Phi) is 3.59. The molecule has 1 aliphatic rings. The molecule has 0 saturated carbocycles.